The van der Waals surface area contributed by atoms with E-state index in [4.69, 9.17) is 4.74 Å². The zero-order valence-electron chi connectivity index (χ0n) is 16.1. The molecule has 0 aliphatic heterocycles. The number of carbonyl (C=O) groups is 1. The Morgan fingerprint density at radius 1 is 1.22 bits per heavy atom. The molecule has 1 heterocycles. The van der Waals surface area contributed by atoms with Crippen molar-refractivity contribution in [3.05, 3.63) is 71.6 Å². The topological polar surface area (TPSA) is 56.2 Å². The maximum Gasteiger partial charge on any atom is 0.258 e. The average Bonchev–Trinajstić information content (AvgIpc) is 2.98. The van der Waals surface area contributed by atoms with Gasteiger partial charge in [-0.3, -0.25) is 4.79 Å². The molecule has 5 nitrogen and oxygen atoms in total. The number of carbonyl (C=O) groups excluding carboxylic acids is 1. The molecule has 0 unspecified atom stereocenters. The van der Waals surface area contributed by atoms with E-state index in [1.54, 1.807) is 0 Å². The summed E-state index contributed by atoms with van der Waals surface area (Å²) in [4.78, 5) is 16.9. The van der Waals surface area contributed by atoms with Crippen molar-refractivity contribution in [3.63, 3.8) is 0 Å². The third-order valence-corrected chi connectivity index (χ3v) is 4.31. The molecule has 0 aliphatic carbocycles. The molecule has 3 aromatic rings. The van der Waals surface area contributed by atoms with Gasteiger partial charge in [0.25, 0.3) is 5.91 Å². The van der Waals surface area contributed by atoms with Crippen LogP contribution in [-0.2, 0) is 17.9 Å². The van der Waals surface area contributed by atoms with Crippen LogP contribution >= 0.6 is 0 Å². The minimum Gasteiger partial charge on any atom is -0.483 e. The normalized spacial score (nSPS) is 10.8. The van der Waals surface area contributed by atoms with E-state index in [-0.39, 0.29) is 12.5 Å². The zero-order valence-corrected chi connectivity index (χ0v) is 16.1. The Balaban J connectivity index is 1.66. The molecule has 0 bridgehead atoms. The summed E-state index contributed by atoms with van der Waals surface area (Å²) in [5.41, 5.74) is 5.09. The minimum absolute atomic E-state index is 0.0228. The molecule has 2 aromatic carbocycles. The summed E-state index contributed by atoms with van der Waals surface area (Å²) in [6, 6.07) is 13.9. The highest BCUT2D eigenvalue weighted by Crippen LogP contribution is 2.19. The smallest absolute Gasteiger partial charge is 0.258 e. The van der Waals surface area contributed by atoms with Crippen LogP contribution in [0, 0.1) is 13.8 Å². The van der Waals surface area contributed by atoms with E-state index < -0.39 is 0 Å². The van der Waals surface area contributed by atoms with Crippen molar-refractivity contribution < 1.29 is 9.53 Å². The molecule has 0 spiro atoms. The third-order valence-electron chi connectivity index (χ3n) is 4.31. The number of para-hydroxylation sites is 2. The number of ether oxygens (including phenoxy) is 1. The number of fused-ring (bicyclic) bond motifs is 1. The Kier molecular flexibility index (Phi) is 5.60. The van der Waals surface area contributed by atoms with Crippen molar-refractivity contribution in [2.24, 2.45) is 0 Å². The molecule has 1 N–H and O–H groups in total. The van der Waals surface area contributed by atoms with Gasteiger partial charge in [-0.15, -0.1) is 0 Å². The quantitative estimate of drug-likeness (QED) is 0.647. The van der Waals surface area contributed by atoms with E-state index in [0.717, 1.165) is 39.3 Å². The van der Waals surface area contributed by atoms with Gasteiger partial charge in [0.2, 0.25) is 0 Å². The van der Waals surface area contributed by atoms with Crippen LogP contribution in [0.15, 0.2) is 54.6 Å². The van der Waals surface area contributed by atoms with E-state index in [1.165, 1.54) is 0 Å². The molecule has 0 radical (unpaired) electrons. The number of nitrogens with zero attached hydrogens (tertiary/aromatic N) is 2. The number of nitrogens with one attached hydrogen (secondary N) is 1. The van der Waals surface area contributed by atoms with Crippen LogP contribution < -0.4 is 10.1 Å². The van der Waals surface area contributed by atoms with Crippen molar-refractivity contribution >= 4 is 16.9 Å². The van der Waals surface area contributed by atoms with Crippen LogP contribution in [-0.4, -0.2) is 22.1 Å². The van der Waals surface area contributed by atoms with Crippen molar-refractivity contribution in [1.82, 2.24) is 14.9 Å². The number of hydrogen-bond acceptors (Lipinski definition) is 3. The van der Waals surface area contributed by atoms with Crippen LogP contribution in [0.4, 0.5) is 0 Å². The second-order valence-electron chi connectivity index (χ2n) is 6.89. The predicted octanol–water partition coefficient (Wildman–Crippen LogP) is 3.92. The van der Waals surface area contributed by atoms with Gasteiger partial charge < -0.3 is 14.6 Å². The molecule has 5 heteroatoms. The van der Waals surface area contributed by atoms with Gasteiger partial charge in [-0.1, -0.05) is 36.4 Å². The standard InChI is InChI=1S/C22H25N3O2/c1-15(2)13-25-19-8-6-5-7-18(19)24-21(25)12-23-22(26)14-27-20-11-16(3)9-10-17(20)4/h5-11H,1,12-14H2,2-4H3,(H,23,26). The van der Waals surface area contributed by atoms with Crippen LogP contribution in [0.25, 0.3) is 11.0 Å². The number of hydrogen-bond donors (Lipinski definition) is 1. The first kappa shape index (κ1) is 18.7. The first-order valence-electron chi connectivity index (χ1n) is 8.99. The number of imidazole rings is 1. The Morgan fingerprint density at radius 3 is 2.78 bits per heavy atom. The molecule has 1 amide bonds. The fourth-order valence-electron chi connectivity index (χ4n) is 2.94. The summed E-state index contributed by atoms with van der Waals surface area (Å²) in [7, 11) is 0. The first-order chi connectivity index (χ1) is 12.9. The molecule has 0 atom stereocenters. The molecule has 27 heavy (non-hydrogen) atoms. The fourth-order valence-corrected chi connectivity index (χ4v) is 2.94. The second-order valence-corrected chi connectivity index (χ2v) is 6.89. The number of aryl methyl sites for hydroxylation is 2. The fraction of sp³-hybridized carbons (Fsp3) is 0.273. The van der Waals surface area contributed by atoms with Gasteiger partial charge in [0.05, 0.1) is 17.6 Å². The van der Waals surface area contributed by atoms with Gasteiger partial charge >= 0.3 is 0 Å². The molecule has 1 aromatic heterocycles. The van der Waals surface area contributed by atoms with E-state index in [1.807, 2.05) is 63.2 Å². The number of allylic oxidation sites excluding steroid dienone is 1. The van der Waals surface area contributed by atoms with Crippen molar-refractivity contribution in [2.75, 3.05) is 6.61 Å². The highest BCUT2D eigenvalue weighted by molar-refractivity contribution is 5.78. The minimum atomic E-state index is -0.176. The van der Waals surface area contributed by atoms with Crippen molar-refractivity contribution in [1.29, 1.82) is 0 Å². The maximum atomic E-state index is 12.2. The average molecular weight is 363 g/mol. The molecule has 0 fully saturated rings. The second kappa shape index (κ2) is 8.08. The van der Waals surface area contributed by atoms with E-state index in [2.05, 4.69) is 21.4 Å². The molecular formula is C22H25N3O2. The highest BCUT2D eigenvalue weighted by atomic mass is 16.5. The van der Waals surface area contributed by atoms with Crippen molar-refractivity contribution in [2.45, 2.75) is 33.9 Å². The monoisotopic (exact) mass is 363 g/mol. The summed E-state index contributed by atoms with van der Waals surface area (Å²) in [5, 5.41) is 2.90. The van der Waals surface area contributed by atoms with Crippen LogP contribution in [0.1, 0.15) is 23.9 Å². The van der Waals surface area contributed by atoms with E-state index in [9.17, 15) is 4.79 Å². The van der Waals surface area contributed by atoms with Crippen LogP contribution in [0.2, 0.25) is 0 Å². The Labute approximate surface area is 159 Å². The van der Waals surface area contributed by atoms with Gasteiger partial charge in [0.1, 0.15) is 11.6 Å². The van der Waals surface area contributed by atoms with E-state index in [0.29, 0.717) is 13.1 Å². The van der Waals surface area contributed by atoms with Gasteiger partial charge in [-0.25, -0.2) is 4.98 Å². The predicted molar refractivity (Wildman–Crippen MR) is 108 cm³/mol. The molecule has 0 saturated heterocycles. The van der Waals surface area contributed by atoms with E-state index >= 15 is 0 Å². The lowest BCUT2D eigenvalue weighted by Gasteiger charge is -2.12. The largest absolute Gasteiger partial charge is 0.483 e. The number of amides is 1. The first-order valence-corrected chi connectivity index (χ1v) is 8.99. The molecule has 0 aliphatic rings. The molecule has 3 rings (SSSR count). The summed E-state index contributed by atoms with van der Waals surface area (Å²) < 4.78 is 7.76. The zero-order chi connectivity index (χ0) is 19.4. The van der Waals surface area contributed by atoms with Crippen LogP contribution in [0.5, 0.6) is 5.75 Å². The van der Waals surface area contributed by atoms with Gasteiger partial charge in [-0.2, -0.15) is 0 Å². The SMILES string of the molecule is C=C(C)Cn1c(CNC(=O)COc2cc(C)ccc2C)nc2ccccc21. The summed E-state index contributed by atoms with van der Waals surface area (Å²) in [5.74, 6) is 1.36. The summed E-state index contributed by atoms with van der Waals surface area (Å²) >= 11 is 0. The van der Waals surface area contributed by atoms with Gasteiger partial charge in [0.15, 0.2) is 6.61 Å². The molecule has 0 saturated carbocycles. The van der Waals surface area contributed by atoms with Crippen molar-refractivity contribution in [3.8, 4) is 5.75 Å². The lowest BCUT2D eigenvalue weighted by Crippen LogP contribution is -2.29. The summed E-state index contributed by atoms with van der Waals surface area (Å²) in [6.45, 7) is 10.9. The highest BCUT2D eigenvalue weighted by Gasteiger charge is 2.12. The number of aromatic nitrogens is 2. The van der Waals surface area contributed by atoms with Gasteiger partial charge in [0, 0.05) is 6.54 Å². The Bertz CT molecular complexity index is 988. The van der Waals surface area contributed by atoms with Gasteiger partial charge in [-0.05, 0) is 50.1 Å². The lowest BCUT2D eigenvalue weighted by molar-refractivity contribution is -0.123. The third kappa shape index (κ3) is 4.56. The maximum absolute atomic E-state index is 12.2. The number of rotatable bonds is 7. The molecule has 140 valence electrons. The van der Waals surface area contributed by atoms with Crippen LogP contribution in [0.3, 0.4) is 0 Å². The Morgan fingerprint density at radius 2 is 2.00 bits per heavy atom. The Hall–Kier alpha value is -3.08. The lowest BCUT2D eigenvalue weighted by atomic mass is 10.1. The number of benzene rings is 2. The molecular weight excluding hydrogens is 338 g/mol. The summed E-state index contributed by atoms with van der Waals surface area (Å²) in [6.07, 6.45) is 0.